The number of aliphatic hydroxyl groups excluding tert-OH is 2. The molecule has 0 radical (unpaired) electrons. The van der Waals surface area contributed by atoms with Gasteiger partial charge in [-0.15, -0.1) is 13.2 Å². The van der Waals surface area contributed by atoms with Crippen LogP contribution >= 0.6 is 11.6 Å². The van der Waals surface area contributed by atoms with Crippen LogP contribution < -0.4 is 10.1 Å². The van der Waals surface area contributed by atoms with Crippen molar-refractivity contribution < 1.29 is 37.7 Å². The minimum Gasteiger partial charge on any atom is -0.449 e. The number of hydrogen-bond acceptors (Lipinski definition) is 5. The molecule has 1 aliphatic rings. The molecule has 0 fully saturated rings. The van der Waals surface area contributed by atoms with E-state index < -0.39 is 30.4 Å². The zero-order valence-corrected chi connectivity index (χ0v) is 19.6. The third-order valence-corrected chi connectivity index (χ3v) is 6.27. The second kappa shape index (κ2) is 10.8. The maximum absolute atomic E-state index is 12.3. The molecular weight excluding hydrogens is 499 g/mol. The van der Waals surface area contributed by atoms with Crippen molar-refractivity contribution >= 4 is 17.7 Å². The van der Waals surface area contributed by atoms with Crippen molar-refractivity contribution in [3.05, 3.63) is 88.4 Å². The first-order valence-corrected chi connectivity index (χ1v) is 11.5. The quantitative estimate of drug-likeness (QED) is 0.361. The van der Waals surface area contributed by atoms with E-state index in [0.29, 0.717) is 0 Å². The van der Waals surface area contributed by atoms with E-state index in [9.17, 15) is 28.2 Å². The lowest BCUT2D eigenvalue weighted by molar-refractivity contribution is -0.274. The number of rotatable bonds is 8. The molecule has 0 aliphatic heterocycles. The molecule has 0 saturated heterocycles. The molecule has 3 aromatic carbocycles. The Labute approximate surface area is 210 Å². The molecule has 0 aromatic heterocycles. The summed E-state index contributed by atoms with van der Waals surface area (Å²) in [5.74, 6) is -0.642. The van der Waals surface area contributed by atoms with E-state index in [0.717, 1.165) is 40.5 Å². The van der Waals surface area contributed by atoms with Crippen molar-refractivity contribution in [2.75, 3.05) is 13.2 Å². The molecule has 3 aromatic rings. The average molecular weight is 522 g/mol. The first kappa shape index (κ1) is 25.8. The van der Waals surface area contributed by atoms with Crippen molar-refractivity contribution in [1.29, 1.82) is 0 Å². The number of nitrogens with one attached hydrogen (secondary N) is 1. The van der Waals surface area contributed by atoms with Gasteiger partial charge in [0.15, 0.2) is 0 Å². The number of carbonyl (C=O) groups excluding carboxylic acids is 1. The van der Waals surface area contributed by atoms with Gasteiger partial charge in [0.25, 0.3) is 0 Å². The Bertz CT molecular complexity index is 1190. The molecule has 0 heterocycles. The number of carbonyl (C=O) groups is 1. The van der Waals surface area contributed by atoms with Gasteiger partial charge in [-0.1, -0.05) is 66.2 Å². The number of alkyl halides is 3. The van der Waals surface area contributed by atoms with E-state index in [4.69, 9.17) is 16.3 Å². The summed E-state index contributed by atoms with van der Waals surface area (Å²) in [6, 6.07) is 18.9. The van der Waals surface area contributed by atoms with E-state index in [1.807, 2.05) is 48.5 Å². The Hall–Kier alpha value is -3.27. The van der Waals surface area contributed by atoms with Gasteiger partial charge in [0, 0.05) is 18.0 Å². The Balaban J connectivity index is 1.27. The van der Waals surface area contributed by atoms with Gasteiger partial charge in [0.05, 0.1) is 11.1 Å². The van der Waals surface area contributed by atoms with Gasteiger partial charge in [-0.2, -0.15) is 0 Å². The lowest BCUT2D eigenvalue weighted by atomic mass is 9.98. The van der Waals surface area contributed by atoms with Crippen molar-refractivity contribution in [2.24, 2.45) is 0 Å². The predicted molar refractivity (Wildman–Crippen MR) is 127 cm³/mol. The van der Waals surface area contributed by atoms with Gasteiger partial charge in [-0.25, -0.2) is 4.79 Å². The Morgan fingerprint density at radius 1 is 1.00 bits per heavy atom. The highest BCUT2D eigenvalue weighted by Crippen LogP contribution is 2.44. The summed E-state index contributed by atoms with van der Waals surface area (Å²) in [6.07, 6.45) is -8.44. The van der Waals surface area contributed by atoms with Crippen LogP contribution in [0.3, 0.4) is 0 Å². The monoisotopic (exact) mass is 521 g/mol. The van der Waals surface area contributed by atoms with Gasteiger partial charge in [-0.05, 0) is 40.8 Å². The molecule has 2 unspecified atom stereocenters. The largest absolute Gasteiger partial charge is 0.573 e. The van der Waals surface area contributed by atoms with Crippen molar-refractivity contribution in [1.82, 2.24) is 5.32 Å². The molecule has 3 N–H and O–H groups in total. The molecule has 10 heteroatoms. The van der Waals surface area contributed by atoms with Gasteiger partial charge < -0.3 is 25.0 Å². The van der Waals surface area contributed by atoms with Crippen LogP contribution in [-0.4, -0.2) is 41.9 Å². The zero-order valence-electron chi connectivity index (χ0n) is 18.8. The van der Waals surface area contributed by atoms with Crippen LogP contribution in [0, 0.1) is 0 Å². The molecule has 0 bridgehead atoms. The molecule has 0 spiro atoms. The minimum absolute atomic E-state index is 0.0121. The van der Waals surface area contributed by atoms with E-state index in [-0.39, 0.29) is 36.1 Å². The fourth-order valence-corrected chi connectivity index (χ4v) is 4.56. The number of aliphatic hydroxyl groups is 2. The molecular formula is C26H23ClF3NO5. The van der Waals surface area contributed by atoms with Gasteiger partial charge >= 0.3 is 12.5 Å². The van der Waals surface area contributed by atoms with Crippen molar-refractivity contribution in [2.45, 2.75) is 30.9 Å². The number of fused-ring (bicyclic) bond motifs is 3. The smallest absolute Gasteiger partial charge is 0.449 e. The summed E-state index contributed by atoms with van der Waals surface area (Å²) in [5, 5.41) is 23.0. The fourth-order valence-electron chi connectivity index (χ4n) is 4.28. The van der Waals surface area contributed by atoms with Crippen molar-refractivity contribution in [3.63, 3.8) is 0 Å². The average Bonchev–Trinajstić information content (AvgIpc) is 3.15. The molecule has 6 nitrogen and oxygen atoms in total. The topological polar surface area (TPSA) is 88.0 Å². The summed E-state index contributed by atoms with van der Waals surface area (Å²) in [5.41, 5.74) is 4.40. The van der Waals surface area contributed by atoms with Crippen LogP contribution in [0.1, 0.15) is 35.1 Å². The third-order valence-electron chi connectivity index (χ3n) is 5.94. The normalized spacial score (nSPS) is 14.5. The van der Waals surface area contributed by atoms with Crippen LogP contribution in [0.15, 0.2) is 66.7 Å². The molecule has 190 valence electrons. The molecule has 1 amide bonds. The molecule has 4 rings (SSSR count). The molecule has 36 heavy (non-hydrogen) atoms. The fraction of sp³-hybridized carbons (Fsp3) is 0.269. The number of halogens is 4. The predicted octanol–water partition coefficient (Wildman–Crippen LogP) is 5.56. The first-order chi connectivity index (χ1) is 17.1. The lowest BCUT2D eigenvalue weighted by Crippen LogP contribution is -2.30. The SMILES string of the molecule is O=C(NCCC(O)C(O)c1ccc(OC(F)(F)F)cc1Cl)OCC1c2ccccc2-c2ccccc21. The number of ether oxygens (including phenoxy) is 2. The third kappa shape index (κ3) is 5.92. The van der Waals surface area contributed by atoms with E-state index in [1.54, 1.807) is 0 Å². The first-order valence-electron chi connectivity index (χ1n) is 11.1. The van der Waals surface area contributed by atoms with Crippen LogP contribution in [0.4, 0.5) is 18.0 Å². The number of amides is 1. The summed E-state index contributed by atoms with van der Waals surface area (Å²) in [4.78, 5) is 12.2. The van der Waals surface area contributed by atoms with Crippen LogP contribution in [0.25, 0.3) is 11.1 Å². The molecule has 0 saturated carbocycles. The summed E-state index contributed by atoms with van der Waals surface area (Å²) < 4.78 is 46.2. The minimum atomic E-state index is -4.88. The highest BCUT2D eigenvalue weighted by atomic mass is 35.5. The van der Waals surface area contributed by atoms with E-state index >= 15 is 0 Å². The Morgan fingerprint density at radius 3 is 2.19 bits per heavy atom. The van der Waals surface area contributed by atoms with Gasteiger partial charge in [0.2, 0.25) is 0 Å². The highest BCUT2D eigenvalue weighted by molar-refractivity contribution is 6.31. The van der Waals surface area contributed by atoms with Crippen molar-refractivity contribution in [3.8, 4) is 16.9 Å². The van der Waals surface area contributed by atoms with Gasteiger partial charge in [-0.3, -0.25) is 0 Å². The lowest BCUT2D eigenvalue weighted by Gasteiger charge is -2.20. The second-order valence-electron chi connectivity index (χ2n) is 8.28. The van der Waals surface area contributed by atoms with E-state index in [1.165, 1.54) is 0 Å². The highest BCUT2D eigenvalue weighted by Gasteiger charge is 2.32. The Morgan fingerprint density at radius 2 is 1.61 bits per heavy atom. The number of benzene rings is 3. The zero-order chi connectivity index (χ0) is 25.9. The van der Waals surface area contributed by atoms with Crippen LogP contribution in [-0.2, 0) is 4.74 Å². The summed E-state index contributed by atoms with van der Waals surface area (Å²) >= 11 is 5.95. The number of hydrogen-bond donors (Lipinski definition) is 3. The van der Waals surface area contributed by atoms with Gasteiger partial charge in [0.1, 0.15) is 18.5 Å². The van der Waals surface area contributed by atoms with Crippen LogP contribution in [0.2, 0.25) is 5.02 Å². The maximum atomic E-state index is 12.3. The molecule has 2 atom stereocenters. The summed E-state index contributed by atoms with van der Waals surface area (Å²) in [7, 11) is 0. The standard InChI is InChI=1S/C26H23ClF3NO5/c27-22-13-15(36-26(28,29)30)9-10-20(22)24(33)23(32)11-12-31-25(34)35-14-21-18-7-3-1-5-16(18)17-6-2-4-8-19(17)21/h1-10,13,21,23-24,32-33H,11-12,14H2,(H,31,34). The maximum Gasteiger partial charge on any atom is 0.573 e. The van der Waals surface area contributed by atoms with Crippen LogP contribution in [0.5, 0.6) is 5.75 Å². The Kier molecular flexibility index (Phi) is 7.73. The second-order valence-corrected chi connectivity index (χ2v) is 8.69. The number of alkyl carbamates (subject to hydrolysis) is 1. The summed E-state index contributed by atoms with van der Waals surface area (Å²) in [6.45, 7) is 0.120. The van der Waals surface area contributed by atoms with E-state index in [2.05, 4.69) is 10.1 Å². The molecule has 1 aliphatic carbocycles.